The van der Waals surface area contributed by atoms with Gasteiger partial charge in [0.05, 0.1) is 39.0 Å². The van der Waals surface area contributed by atoms with E-state index < -0.39 is 11.7 Å². The lowest BCUT2D eigenvalue weighted by atomic mass is 9.90. The van der Waals surface area contributed by atoms with Gasteiger partial charge in [-0.2, -0.15) is 13.2 Å². The van der Waals surface area contributed by atoms with Crippen LogP contribution in [-0.2, 0) is 6.18 Å². The average molecular weight is 964 g/mol. The Hall–Kier alpha value is -9.40. The lowest BCUT2D eigenvalue weighted by Crippen LogP contribution is -2.12. The number of halogens is 3. The molecule has 0 aliphatic carbocycles. The van der Waals surface area contributed by atoms with E-state index in [9.17, 15) is 0 Å². The Balaban J connectivity index is 1.18. The summed E-state index contributed by atoms with van der Waals surface area (Å²) in [5, 5.41) is 3.76. The van der Waals surface area contributed by atoms with E-state index in [0.29, 0.717) is 34.2 Å². The van der Waals surface area contributed by atoms with Gasteiger partial charge in [-0.3, -0.25) is 0 Å². The Morgan fingerprint density at radius 2 is 0.730 bits per heavy atom. The van der Waals surface area contributed by atoms with Crippen LogP contribution in [0.25, 0.3) is 123 Å². The highest BCUT2D eigenvalue weighted by molar-refractivity contribution is 6.13. The molecule has 13 aromatic rings. The van der Waals surface area contributed by atoms with Crippen LogP contribution in [0, 0.1) is 13.8 Å². The molecule has 0 aliphatic rings. The van der Waals surface area contributed by atoms with E-state index in [2.05, 4.69) is 79.1 Å². The van der Waals surface area contributed by atoms with Crippen molar-refractivity contribution in [2.45, 2.75) is 20.0 Å². The van der Waals surface area contributed by atoms with Gasteiger partial charge in [0.1, 0.15) is 0 Å². The first-order valence-electron chi connectivity index (χ1n) is 24.6. The van der Waals surface area contributed by atoms with Crippen LogP contribution in [0.15, 0.2) is 231 Å². The highest BCUT2D eigenvalue weighted by Crippen LogP contribution is 2.50. The first-order chi connectivity index (χ1) is 36.2. The second-order valence-electron chi connectivity index (χ2n) is 18.7. The summed E-state index contributed by atoms with van der Waals surface area (Å²) in [5.41, 5.74) is 12.0. The maximum Gasteiger partial charge on any atom is 0.417 e. The molecule has 0 radical (unpaired) electrons. The van der Waals surface area contributed by atoms with Crippen LogP contribution in [0.3, 0.4) is 0 Å². The molecule has 8 heteroatoms. The van der Waals surface area contributed by atoms with Gasteiger partial charge < -0.3 is 9.13 Å². The van der Waals surface area contributed by atoms with Crippen LogP contribution in [0.1, 0.15) is 16.7 Å². The van der Waals surface area contributed by atoms with E-state index in [1.165, 1.54) is 12.1 Å². The third kappa shape index (κ3) is 7.45. The maximum atomic E-state index is 16.5. The molecule has 0 saturated carbocycles. The molecule has 0 amide bonds. The van der Waals surface area contributed by atoms with Gasteiger partial charge in [0.2, 0.25) is 0 Å². The van der Waals surface area contributed by atoms with Gasteiger partial charge in [0, 0.05) is 49.4 Å². The Bertz CT molecular complexity index is 4270. The van der Waals surface area contributed by atoms with Gasteiger partial charge in [-0.1, -0.05) is 176 Å². The Morgan fingerprint density at radius 1 is 0.324 bits per heavy atom. The van der Waals surface area contributed by atoms with E-state index in [0.717, 1.165) is 88.1 Å². The summed E-state index contributed by atoms with van der Waals surface area (Å²) in [6, 6.07) is 74.7. The van der Waals surface area contributed by atoms with Crippen LogP contribution in [0.4, 0.5) is 13.2 Å². The number of fused-ring (bicyclic) bond motifs is 6. The van der Waals surface area contributed by atoms with Gasteiger partial charge >= 0.3 is 6.18 Å². The second kappa shape index (κ2) is 17.7. The van der Waals surface area contributed by atoms with Crippen molar-refractivity contribution in [1.82, 2.24) is 24.1 Å². The quantitative estimate of drug-likeness (QED) is 0.152. The minimum absolute atomic E-state index is 0.0124. The van der Waals surface area contributed by atoms with Crippen molar-refractivity contribution in [2.24, 2.45) is 0 Å². The summed E-state index contributed by atoms with van der Waals surface area (Å²) < 4.78 is 53.7. The van der Waals surface area contributed by atoms with Crippen molar-refractivity contribution in [3.8, 4) is 78.9 Å². The highest BCUT2D eigenvalue weighted by atomic mass is 19.4. The van der Waals surface area contributed by atoms with E-state index in [1.54, 1.807) is 0 Å². The number of para-hydroxylation sites is 2. The summed E-state index contributed by atoms with van der Waals surface area (Å²) in [4.78, 5) is 15.4. The zero-order valence-corrected chi connectivity index (χ0v) is 40.3. The highest BCUT2D eigenvalue weighted by Gasteiger charge is 2.38. The fourth-order valence-corrected chi connectivity index (χ4v) is 10.9. The van der Waals surface area contributed by atoms with Gasteiger partial charge in [-0.05, 0) is 102 Å². The van der Waals surface area contributed by atoms with Crippen LogP contribution in [0.5, 0.6) is 0 Å². The SMILES string of the molecule is Cc1ccccc1-c1ccc2c(c1)c1ccccc1n2-c1cccc(-c2nc(-c3ccccc3)nc(-c3ccccc3)n2)c1-c1c(-n2c3ccccc3c3cc(-c4ccccc4C)ccc32)cccc1C(F)(F)F. The molecular weight excluding hydrogens is 920 g/mol. The molecule has 0 atom stereocenters. The van der Waals surface area contributed by atoms with Crippen molar-refractivity contribution in [3.63, 3.8) is 0 Å². The summed E-state index contributed by atoms with van der Waals surface area (Å²) >= 11 is 0. The first kappa shape index (κ1) is 44.5. The van der Waals surface area contributed by atoms with Crippen molar-refractivity contribution < 1.29 is 13.2 Å². The van der Waals surface area contributed by atoms with Gasteiger partial charge in [-0.15, -0.1) is 0 Å². The van der Waals surface area contributed by atoms with Crippen LogP contribution in [0.2, 0.25) is 0 Å². The van der Waals surface area contributed by atoms with Crippen molar-refractivity contribution >= 4 is 43.6 Å². The number of hydrogen-bond acceptors (Lipinski definition) is 3. The third-order valence-corrected chi connectivity index (χ3v) is 14.3. The van der Waals surface area contributed by atoms with Crippen LogP contribution >= 0.6 is 0 Å². The molecule has 0 N–H and O–H groups in total. The number of hydrogen-bond donors (Lipinski definition) is 0. The average Bonchev–Trinajstić information content (AvgIpc) is 3.96. The van der Waals surface area contributed by atoms with E-state index in [4.69, 9.17) is 15.0 Å². The van der Waals surface area contributed by atoms with E-state index >= 15 is 13.2 Å². The smallest absolute Gasteiger partial charge is 0.309 e. The van der Waals surface area contributed by atoms with Crippen molar-refractivity contribution in [1.29, 1.82) is 0 Å². The summed E-state index contributed by atoms with van der Waals surface area (Å²) in [5.74, 6) is 1.01. The lowest BCUT2D eigenvalue weighted by molar-refractivity contribution is -0.137. The molecule has 74 heavy (non-hydrogen) atoms. The molecule has 3 heterocycles. The number of benzene rings is 10. The fraction of sp³-hybridized carbons (Fsp3) is 0.0455. The Kier molecular flexibility index (Phi) is 10.7. The number of aryl methyl sites for hydroxylation is 2. The Labute approximate surface area is 425 Å². The monoisotopic (exact) mass is 963 g/mol. The van der Waals surface area contributed by atoms with Crippen molar-refractivity contribution in [3.05, 3.63) is 247 Å². The molecule has 0 bridgehead atoms. The zero-order chi connectivity index (χ0) is 50.1. The fourth-order valence-electron chi connectivity index (χ4n) is 10.9. The molecule has 0 spiro atoms. The molecule has 0 unspecified atom stereocenters. The number of alkyl halides is 3. The zero-order valence-electron chi connectivity index (χ0n) is 40.3. The maximum absolute atomic E-state index is 16.5. The predicted octanol–water partition coefficient (Wildman–Crippen LogP) is 17.7. The molecule has 3 aromatic heterocycles. The summed E-state index contributed by atoms with van der Waals surface area (Å²) in [6.45, 7) is 4.19. The number of aromatic nitrogens is 5. The summed E-state index contributed by atoms with van der Waals surface area (Å²) in [6.07, 6.45) is -4.81. The number of nitrogens with zero attached hydrogens (tertiary/aromatic N) is 5. The largest absolute Gasteiger partial charge is 0.417 e. The van der Waals surface area contributed by atoms with E-state index in [1.807, 2.05) is 162 Å². The van der Waals surface area contributed by atoms with Crippen LogP contribution < -0.4 is 0 Å². The minimum Gasteiger partial charge on any atom is -0.309 e. The topological polar surface area (TPSA) is 48.5 Å². The predicted molar refractivity (Wildman–Crippen MR) is 296 cm³/mol. The lowest BCUT2D eigenvalue weighted by Gasteiger charge is -2.24. The van der Waals surface area contributed by atoms with Gasteiger partial charge in [0.25, 0.3) is 0 Å². The molecule has 354 valence electrons. The second-order valence-corrected chi connectivity index (χ2v) is 18.7. The Morgan fingerprint density at radius 3 is 1.23 bits per heavy atom. The molecule has 0 saturated heterocycles. The molecule has 0 fully saturated rings. The van der Waals surface area contributed by atoms with Crippen molar-refractivity contribution in [2.75, 3.05) is 0 Å². The standard InChI is InChI=1S/C66H44F3N5/c1-41-19-9-11-25-47(41)45-35-37-57-52(39-45)49-27-13-15-31-55(49)73(57)59-33-17-29-51(65-71-63(43-21-5-3-6-22-43)70-64(72-65)44-23-7-4-8-24-44)61(59)62-54(66(67,68)69)30-18-34-60(62)74-56-32-16-14-28-50(56)53-40-46(36-38-58(53)74)48-26-12-10-20-42(48)2/h3-40H,1-2H3. The summed E-state index contributed by atoms with van der Waals surface area (Å²) in [7, 11) is 0. The molecule has 0 aliphatic heterocycles. The van der Waals surface area contributed by atoms with Gasteiger partial charge in [0.15, 0.2) is 17.5 Å². The van der Waals surface area contributed by atoms with Crippen LogP contribution in [-0.4, -0.2) is 24.1 Å². The van der Waals surface area contributed by atoms with E-state index in [-0.39, 0.29) is 11.4 Å². The number of rotatable bonds is 8. The molecule has 13 rings (SSSR count). The van der Waals surface area contributed by atoms with Gasteiger partial charge in [-0.25, -0.2) is 15.0 Å². The normalized spacial score (nSPS) is 11.9. The molecular formula is C66H44F3N5. The molecule has 10 aromatic carbocycles. The minimum atomic E-state index is -4.81. The third-order valence-electron chi connectivity index (χ3n) is 14.3. The first-order valence-corrected chi connectivity index (χ1v) is 24.6. The molecule has 5 nitrogen and oxygen atoms in total.